The van der Waals surface area contributed by atoms with E-state index in [9.17, 15) is 4.79 Å². The SMILES string of the molecule is CCCCCCCCCCCC(=O)OCCOCCOCCOCCOCCCCCCC. The number of hydrogen-bond donors (Lipinski definition) is 0. The molecule has 0 atom stereocenters. The fraction of sp³-hybridized carbons (Fsp3) is 0.963. The van der Waals surface area contributed by atoms with Crippen LogP contribution in [-0.4, -0.2) is 65.4 Å². The molecule has 0 aromatic rings. The predicted octanol–water partition coefficient (Wildman–Crippen LogP) is 6.49. The molecule has 0 bridgehead atoms. The molecule has 0 radical (unpaired) electrons. The third-order valence-corrected chi connectivity index (χ3v) is 5.48. The molecule has 198 valence electrons. The molecule has 0 aliphatic heterocycles. The fourth-order valence-corrected chi connectivity index (χ4v) is 3.44. The van der Waals surface area contributed by atoms with Gasteiger partial charge in [0.25, 0.3) is 0 Å². The summed E-state index contributed by atoms with van der Waals surface area (Å²) in [5.41, 5.74) is 0. The van der Waals surface area contributed by atoms with E-state index in [2.05, 4.69) is 13.8 Å². The average molecular weight is 475 g/mol. The Morgan fingerprint density at radius 1 is 0.424 bits per heavy atom. The molecule has 0 saturated carbocycles. The summed E-state index contributed by atoms with van der Waals surface area (Å²) in [7, 11) is 0. The Morgan fingerprint density at radius 2 is 0.788 bits per heavy atom. The molecule has 0 fully saturated rings. The van der Waals surface area contributed by atoms with Gasteiger partial charge in [0.1, 0.15) is 6.61 Å². The van der Waals surface area contributed by atoms with Crippen LogP contribution in [0.25, 0.3) is 0 Å². The number of hydrogen-bond acceptors (Lipinski definition) is 6. The van der Waals surface area contributed by atoms with Gasteiger partial charge < -0.3 is 23.7 Å². The molecule has 0 rings (SSSR count). The first kappa shape index (κ1) is 32.3. The van der Waals surface area contributed by atoms with Crippen molar-refractivity contribution in [2.45, 2.75) is 110 Å². The molecule has 0 unspecified atom stereocenters. The van der Waals surface area contributed by atoms with Gasteiger partial charge in [-0.25, -0.2) is 0 Å². The van der Waals surface area contributed by atoms with Crippen LogP contribution in [0.2, 0.25) is 0 Å². The molecule has 0 saturated heterocycles. The highest BCUT2D eigenvalue weighted by molar-refractivity contribution is 5.69. The lowest BCUT2D eigenvalue weighted by atomic mass is 10.1. The Balaban J connectivity index is 3.12. The third-order valence-electron chi connectivity index (χ3n) is 5.48. The molecule has 0 aromatic carbocycles. The zero-order valence-corrected chi connectivity index (χ0v) is 21.9. The van der Waals surface area contributed by atoms with Gasteiger partial charge in [-0.15, -0.1) is 0 Å². The van der Waals surface area contributed by atoms with Crippen LogP contribution in [0.1, 0.15) is 110 Å². The second kappa shape index (κ2) is 29.3. The fourth-order valence-electron chi connectivity index (χ4n) is 3.44. The Morgan fingerprint density at radius 3 is 1.27 bits per heavy atom. The average Bonchev–Trinajstić information content (AvgIpc) is 2.82. The number of carbonyl (C=O) groups excluding carboxylic acids is 1. The number of carbonyl (C=O) groups is 1. The van der Waals surface area contributed by atoms with E-state index in [0.29, 0.717) is 59.3 Å². The Kier molecular flexibility index (Phi) is 28.7. The van der Waals surface area contributed by atoms with Crippen LogP contribution in [0.3, 0.4) is 0 Å². The minimum absolute atomic E-state index is 0.115. The lowest BCUT2D eigenvalue weighted by molar-refractivity contribution is -0.145. The Bertz CT molecular complexity index is 378. The van der Waals surface area contributed by atoms with Gasteiger partial charge in [-0.05, 0) is 12.8 Å². The van der Waals surface area contributed by atoms with Crippen LogP contribution in [0, 0.1) is 0 Å². The van der Waals surface area contributed by atoms with Crippen LogP contribution >= 0.6 is 0 Å². The van der Waals surface area contributed by atoms with E-state index in [1.807, 2.05) is 0 Å². The van der Waals surface area contributed by atoms with Crippen molar-refractivity contribution < 1.29 is 28.5 Å². The van der Waals surface area contributed by atoms with Crippen molar-refractivity contribution in [2.75, 3.05) is 59.5 Å². The first-order valence-corrected chi connectivity index (χ1v) is 13.8. The van der Waals surface area contributed by atoms with E-state index < -0.39 is 0 Å². The van der Waals surface area contributed by atoms with Crippen molar-refractivity contribution in [3.63, 3.8) is 0 Å². The highest BCUT2D eigenvalue weighted by Crippen LogP contribution is 2.10. The molecular weight excluding hydrogens is 420 g/mol. The second-order valence-electron chi connectivity index (χ2n) is 8.66. The first-order valence-electron chi connectivity index (χ1n) is 13.8. The van der Waals surface area contributed by atoms with Crippen molar-refractivity contribution in [2.24, 2.45) is 0 Å². The number of unbranched alkanes of at least 4 members (excludes halogenated alkanes) is 12. The van der Waals surface area contributed by atoms with Crippen LogP contribution in [-0.2, 0) is 28.5 Å². The Labute approximate surface area is 204 Å². The number of ether oxygens (including phenoxy) is 5. The van der Waals surface area contributed by atoms with Crippen LogP contribution < -0.4 is 0 Å². The predicted molar refractivity (Wildman–Crippen MR) is 135 cm³/mol. The standard InChI is InChI=1S/C27H54O6/c1-3-5-7-9-10-11-12-13-15-17-27(28)33-26-25-32-24-23-31-22-21-30-20-19-29-18-16-14-8-6-4-2/h3-26H2,1-2H3. The molecule has 0 aromatic heterocycles. The molecule has 6 heteroatoms. The van der Waals surface area contributed by atoms with Gasteiger partial charge in [0.05, 0.1) is 46.2 Å². The number of rotatable bonds is 28. The molecule has 0 aliphatic rings. The van der Waals surface area contributed by atoms with E-state index >= 15 is 0 Å². The topological polar surface area (TPSA) is 63.2 Å². The minimum atomic E-state index is -0.115. The van der Waals surface area contributed by atoms with E-state index in [-0.39, 0.29) is 5.97 Å². The Hall–Kier alpha value is -0.690. The minimum Gasteiger partial charge on any atom is -0.463 e. The normalized spacial score (nSPS) is 11.2. The maximum atomic E-state index is 11.7. The molecule has 0 heterocycles. The zero-order valence-electron chi connectivity index (χ0n) is 21.9. The van der Waals surface area contributed by atoms with Crippen molar-refractivity contribution >= 4 is 5.97 Å². The lowest BCUT2D eigenvalue weighted by Gasteiger charge is -2.08. The summed E-state index contributed by atoms with van der Waals surface area (Å²) in [6.07, 6.45) is 18.1. The monoisotopic (exact) mass is 474 g/mol. The van der Waals surface area contributed by atoms with Crippen molar-refractivity contribution in [3.8, 4) is 0 Å². The first-order chi connectivity index (χ1) is 16.3. The lowest BCUT2D eigenvalue weighted by Crippen LogP contribution is -2.14. The summed E-state index contributed by atoms with van der Waals surface area (Å²) in [6.45, 7) is 9.42. The summed E-state index contributed by atoms with van der Waals surface area (Å²) in [5, 5.41) is 0. The largest absolute Gasteiger partial charge is 0.463 e. The maximum Gasteiger partial charge on any atom is 0.305 e. The van der Waals surface area contributed by atoms with Gasteiger partial charge in [-0.3, -0.25) is 4.79 Å². The van der Waals surface area contributed by atoms with Gasteiger partial charge in [0, 0.05) is 13.0 Å². The molecule has 6 nitrogen and oxygen atoms in total. The molecule has 0 spiro atoms. The molecule has 0 aliphatic carbocycles. The number of esters is 1. The van der Waals surface area contributed by atoms with Gasteiger partial charge in [-0.1, -0.05) is 90.9 Å². The quantitative estimate of drug-likeness (QED) is 0.0954. The van der Waals surface area contributed by atoms with E-state index in [4.69, 9.17) is 23.7 Å². The molecule has 0 N–H and O–H groups in total. The van der Waals surface area contributed by atoms with Gasteiger partial charge in [-0.2, -0.15) is 0 Å². The van der Waals surface area contributed by atoms with Crippen LogP contribution in [0.4, 0.5) is 0 Å². The summed E-state index contributed by atoms with van der Waals surface area (Å²) >= 11 is 0. The third kappa shape index (κ3) is 29.3. The summed E-state index contributed by atoms with van der Waals surface area (Å²) < 4.78 is 27.1. The van der Waals surface area contributed by atoms with Crippen molar-refractivity contribution in [1.29, 1.82) is 0 Å². The van der Waals surface area contributed by atoms with E-state index in [1.54, 1.807) is 0 Å². The summed E-state index contributed by atoms with van der Waals surface area (Å²) in [4.78, 5) is 11.7. The highest BCUT2D eigenvalue weighted by Gasteiger charge is 2.02. The van der Waals surface area contributed by atoms with Crippen LogP contribution in [0.5, 0.6) is 0 Å². The smallest absolute Gasteiger partial charge is 0.305 e. The highest BCUT2D eigenvalue weighted by atomic mass is 16.6. The summed E-state index contributed by atoms with van der Waals surface area (Å²) in [6, 6.07) is 0. The molecular formula is C27H54O6. The van der Waals surface area contributed by atoms with Gasteiger partial charge in [0.15, 0.2) is 0 Å². The van der Waals surface area contributed by atoms with E-state index in [0.717, 1.165) is 25.9 Å². The van der Waals surface area contributed by atoms with E-state index in [1.165, 1.54) is 70.6 Å². The van der Waals surface area contributed by atoms with Gasteiger partial charge in [0.2, 0.25) is 0 Å². The summed E-state index contributed by atoms with van der Waals surface area (Å²) in [5.74, 6) is -0.115. The van der Waals surface area contributed by atoms with Crippen LogP contribution in [0.15, 0.2) is 0 Å². The maximum absolute atomic E-state index is 11.7. The zero-order chi connectivity index (χ0) is 24.1. The van der Waals surface area contributed by atoms with Gasteiger partial charge >= 0.3 is 5.97 Å². The second-order valence-corrected chi connectivity index (χ2v) is 8.66. The van der Waals surface area contributed by atoms with Crippen molar-refractivity contribution in [1.82, 2.24) is 0 Å². The van der Waals surface area contributed by atoms with Crippen molar-refractivity contribution in [3.05, 3.63) is 0 Å². The molecule has 33 heavy (non-hydrogen) atoms. The molecule has 0 amide bonds.